The van der Waals surface area contributed by atoms with Crippen molar-refractivity contribution in [3.63, 3.8) is 0 Å². The topological polar surface area (TPSA) is 38.9 Å². The molecule has 0 N–H and O–H groups in total. The van der Waals surface area contributed by atoms with E-state index in [1.54, 1.807) is 0 Å². The standard InChI is InChI=1S/C11H18N2O/c1-8(2)10-12-13-11(14-10)9-6-4-3-5-7-9/h8-9H,3-7H2,1-2H3. The van der Waals surface area contributed by atoms with Crippen LogP contribution in [0.4, 0.5) is 0 Å². The Morgan fingerprint density at radius 3 is 2.43 bits per heavy atom. The summed E-state index contributed by atoms with van der Waals surface area (Å²) in [4.78, 5) is 0. The highest BCUT2D eigenvalue weighted by atomic mass is 16.4. The molecular weight excluding hydrogens is 176 g/mol. The van der Waals surface area contributed by atoms with Gasteiger partial charge in [0.15, 0.2) is 0 Å². The molecule has 0 atom stereocenters. The number of rotatable bonds is 2. The van der Waals surface area contributed by atoms with Gasteiger partial charge in [-0.05, 0) is 12.8 Å². The SMILES string of the molecule is CC(C)c1nnc(C2CCCCC2)o1. The Hall–Kier alpha value is -0.860. The molecule has 3 nitrogen and oxygen atoms in total. The van der Waals surface area contributed by atoms with Crippen LogP contribution in [0.25, 0.3) is 0 Å². The van der Waals surface area contributed by atoms with Gasteiger partial charge in [0.05, 0.1) is 0 Å². The molecule has 1 aliphatic rings. The lowest BCUT2D eigenvalue weighted by Gasteiger charge is -2.17. The molecule has 14 heavy (non-hydrogen) atoms. The number of hydrogen-bond donors (Lipinski definition) is 0. The van der Waals surface area contributed by atoms with Crippen molar-refractivity contribution in [3.8, 4) is 0 Å². The molecule has 0 spiro atoms. The quantitative estimate of drug-likeness (QED) is 0.725. The first-order valence-corrected chi connectivity index (χ1v) is 5.60. The maximum Gasteiger partial charge on any atom is 0.219 e. The first-order chi connectivity index (χ1) is 6.77. The Morgan fingerprint density at radius 2 is 1.86 bits per heavy atom. The van der Waals surface area contributed by atoms with E-state index in [1.807, 2.05) is 0 Å². The van der Waals surface area contributed by atoms with Gasteiger partial charge in [-0.25, -0.2) is 0 Å². The first-order valence-electron chi connectivity index (χ1n) is 5.60. The number of aromatic nitrogens is 2. The van der Waals surface area contributed by atoms with Gasteiger partial charge in [-0.1, -0.05) is 33.1 Å². The van der Waals surface area contributed by atoms with Gasteiger partial charge < -0.3 is 4.42 Å². The third-order valence-electron chi connectivity index (χ3n) is 2.90. The van der Waals surface area contributed by atoms with Crippen LogP contribution >= 0.6 is 0 Å². The predicted octanol–water partition coefficient (Wildman–Crippen LogP) is 3.24. The molecule has 0 aliphatic heterocycles. The molecule has 1 aliphatic carbocycles. The predicted molar refractivity (Wildman–Crippen MR) is 54.2 cm³/mol. The summed E-state index contributed by atoms with van der Waals surface area (Å²) in [5.41, 5.74) is 0. The highest BCUT2D eigenvalue weighted by Gasteiger charge is 2.21. The second kappa shape index (κ2) is 4.11. The van der Waals surface area contributed by atoms with Crippen molar-refractivity contribution in [3.05, 3.63) is 11.8 Å². The van der Waals surface area contributed by atoms with Crippen molar-refractivity contribution in [1.29, 1.82) is 0 Å². The Morgan fingerprint density at radius 1 is 1.14 bits per heavy atom. The van der Waals surface area contributed by atoms with Crippen LogP contribution in [0.5, 0.6) is 0 Å². The zero-order valence-corrected chi connectivity index (χ0v) is 8.99. The molecule has 3 heteroatoms. The lowest BCUT2D eigenvalue weighted by Crippen LogP contribution is -2.04. The van der Waals surface area contributed by atoms with Gasteiger partial charge >= 0.3 is 0 Å². The number of nitrogens with zero attached hydrogens (tertiary/aromatic N) is 2. The zero-order chi connectivity index (χ0) is 9.97. The fraction of sp³-hybridized carbons (Fsp3) is 0.818. The van der Waals surface area contributed by atoms with Gasteiger partial charge in [0.2, 0.25) is 11.8 Å². The van der Waals surface area contributed by atoms with Crippen molar-refractivity contribution >= 4 is 0 Å². The molecule has 0 bridgehead atoms. The molecule has 1 aromatic heterocycles. The highest BCUT2D eigenvalue weighted by Crippen LogP contribution is 2.32. The normalized spacial score (nSPS) is 19.1. The summed E-state index contributed by atoms with van der Waals surface area (Å²) < 4.78 is 5.66. The minimum atomic E-state index is 0.347. The molecule has 0 unspecified atom stereocenters. The molecule has 0 radical (unpaired) electrons. The maximum atomic E-state index is 5.66. The van der Waals surface area contributed by atoms with Crippen LogP contribution in [0, 0.1) is 0 Å². The lowest BCUT2D eigenvalue weighted by atomic mass is 9.89. The van der Waals surface area contributed by atoms with Crippen LogP contribution in [0.15, 0.2) is 4.42 Å². The van der Waals surface area contributed by atoms with Crippen LogP contribution < -0.4 is 0 Å². The number of hydrogen-bond acceptors (Lipinski definition) is 3. The van der Waals surface area contributed by atoms with Crippen LogP contribution in [-0.2, 0) is 0 Å². The minimum Gasteiger partial charge on any atom is -0.425 e. The van der Waals surface area contributed by atoms with E-state index in [0.29, 0.717) is 11.8 Å². The van der Waals surface area contributed by atoms with Crippen LogP contribution in [-0.4, -0.2) is 10.2 Å². The summed E-state index contributed by atoms with van der Waals surface area (Å²) in [7, 11) is 0. The van der Waals surface area contributed by atoms with Gasteiger partial charge in [0.1, 0.15) is 0 Å². The summed E-state index contributed by atoms with van der Waals surface area (Å²) in [6.45, 7) is 4.16. The summed E-state index contributed by atoms with van der Waals surface area (Å²) in [5, 5.41) is 8.22. The molecular formula is C11H18N2O. The second-order valence-electron chi connectivity index (χ2n) is 4.47. The van der Waals surface area contributed by atoms with Crippen molar-refractivity contribution in [2.45, 2.75) is 57.8 Å². The Balaban J connectivity index is 2.07. The molecule has 78 valence electrons. The van der Waals surface area contributed by atoms with Crippen molar-refractivity contribution in [2.75, 3.05) is 0 Å². The molecule has 0 amide bonds. The van der Waals surface area contributed by atoms with Crippen molar-refractivity contribution in [2.24, 2.45) is 0 Å². The van der Waals surface area contributed by atoms with Gasteiger partial charge in [-0.3, -0.25) is 0 Å². The van der Waals surface area contributed by atoms with E-state index in [4.69, 9.17) is 4.42 Å². The van der Waals surface area contributed by atoms with Crippen LogP contribution in [0.3, 0.4) is 0 Å². The van der Waals surface area contributed by atoms with E-state index in [0.717, 1.165) is 11.8 Å². The average molecular weight is 194 g/mol. The highest BCUT2D eigenvalue weighted by molar-refractivity contribution is 4.95. The first kappa shape index (κ1) is 9.69. The molecule has 1 heterocycles. The molecule has 1 saturated carbocycles. The summed E-state index contributed by atoms with van der Waals surface area (Å²) in [6, 6.07) is 0. The Labute approximate surface area is 84.9 Å². The second-order valence-corrected chi connectivity index (χ2v) is 4.47. The van der Waals surface area contributed by atoms with E-state index < -0.39 is 0 Å². The van der Waals surface area contributed by atoms with Crippen LogP contribution in [0.2, 0.25) is 0 Å². The molecule has 1 aromatic rings. The fourth-order valence-electron chi connectivity index (χ4n) is 1.99. The van der Waals surface area contributed by atoms with Crippen molar-refractivity contribution < 1.29 is 4.42 Å². The van der Waals surface area contributed by atoms with Gasteiger partial charge in [0, 0.05) is 11.8 Å². The Bertz CT molecular complexity index is 287. The maximum absolute atomic E-state index is 5.66. The smallest absolute Gasteiger partial charge is 0.219 e. The summed E-state index contributed by atoms with van der Waals surface area (Å²) in [6.07, 6.45) is 6.43. The van der Waals surface area contributed by atoms with E-state index in [2.05, 4.69) is 24.0 Å². The largest absolute Gasteiger partial charge is 0.425 e. The van der Waals surface area contributed by atoms with Gasteiger partial charge in [-0.15, -0.1) is 10.2 Å². The monoisotopic (exact) mass is 194 g/mol. The molecule has 2 rings (SSSR count). The Kier molecular flexibility index (Phi) is 2.85. The summed E-state index contributed by atoms with van der Waals surface area (Å²) in [5.74, 6) is 2.53. The van der Waals surface area contributed by atoms with E-state index in [9.17, 15) is 0 Å². The fourth-order valence-corrected chi connectivity index (χ4v) is 1.99. The molecule has 0 saturated heterocycles. The zero-order valence-electron chi connectivity index (χ0n) is 8.99. The third kappa shape index (κ3) is 1.97. The summed E-state index contributed by atoms with van der Waals surface area (Å²) >= 11 is 0. The van der Waals surface area contributed by atoms with E-state index >= 15 is 0 Å². The van der Waals surface area contributed by atoms with E-state index in [-0.39, 0.29) is 0 Å². The van der Waals surface area contributed by atoms with Gasteiger partial charge in [-0.2, -0.15) is 0 Å². The minimum absolute atomic E-state index is 0.347. The molecule has 1 fully saturated rings. The lowest BCUT2D eigenvalue weighted by molar-refractivity contribution is 0.346. The van der Waals surface area contributed by atoms with Crippen LogP contribution in [0.1, 0.15) is 69.6 Å². The van der Waals surface area contributed by atoms with Crippen molar-refractivity contribution in [1.82, 2.24) is 10.2 Å². The van der Waals surface area contributed by atoms with E-state index in [1.165, 1.54) is 32.1 Å². The molecule has 0 aromatic carbocycles. The third-order valence-corrected chi connectivity index (χ3v) is 2.90. The van der Waals surface area contributed by atoms with Gasteiger partial charge in [0.25, 0.3) is 0 Å². The average Bonchev–Trinajstić information content (AvgIpc) is 2.68.